The van der Waals surface area contributed by atoms with E-state index >= 15 is 0 Å². The predicted molar refractivity (Wildman–Crippen MR) is 138 cm³/mol. The van der Waals surface area contributed by atoms with Crippen LogP contribution in [0, 0.1) is 11.8 Å². The second-order valence-electron chi connectivity index (χ2n) is 9.23. The van der Waals surface area contributed by atoms with Crippen molar-refractivity contribution in [3.8, 4) is 11.8 Å². The molecule has 3 heterocycles. The van der Waals surface area contributed by atoms with Gasteiger partial charge in [-0.15, -0.1) is 22.7 Å². The van der Waals surface area contributed by atoms with E-state index in [-0.39, 0.29) is 5.92 Å². The molecule has 1 amide bonds. The molecule has 0 radical (unpaired) electrons. The average molecular weight is 519 g/mol. The van der Waals surface area contributed by atoms with Crippen LogP contribution < -0.4 is 5.32 Å². The summed E-state index contributed by atoms with van der Waals surface area (Å²) < 4.78 is 12.1. The fourth-order valence-electron chi connectivity index (χ4n) is 4.17. The molecule has 2 saturated carbocycles. The Balaban J connectivity index is 1.21. The Bertz CT molecular complexity index is 1500. The van der Waals surface area contributed by atoms with E-state index in [0.717, 1.165) is 37.6 Å². The van der Waals surface area contributed by atoms with E-state index in [1.807, 2.05) is 49.4 Å². The van der Waals surface area contributed by atoms with E-state index in [9.17, 15) is 14.7 Å². The number of hydrogen-bond donors (Lipinski definition) is 2. The maximum absolute atomic E-state index is 12.7. The van der Waals surface area contributed by atoms with Crippen LogP contribution in [0.25, 0.3) is 9.40 Å². The maximum Gasteiger partial charge on any atom is 0.412 e. The molecule has 0 saturated heterocycles. The topological polar surface area (TPSA) is 102 Å². The summed E-state index contributed by atoms with van der Waals surface area (Å²) in [5.41, 5.74) is 1.37. The van der Waals surface area contributed by atoms with Crippen molar-refractivity contribution in [3.05, 3.63) is 69.2 Å². The molecule has 4 aromatic rings. The first-order valence-corrected chi connectivity index (χ1v) is 13.4. The van der Waals surface area contributed by atoms with Gasteiger partial charge in [0.2, 0.25) is 5.76 Å². The van der Waals surface area contributed by atoms with Crippen LogP contribution in [0.4, 0.5) is 10.5 Å². The predicted octanol–water partition coefficient (Wildman–Crippen LogP) is 6.65. The molecule has 2 aliphatic rings. The first kappa shape index (κ1) is 22.8. The first-order valence-electron chi connectivity index (χ1n) is 11.7. The van der Waals surface area contributed by atoms with Gasteiger partial charge in [-0.05, 0) is 62.1 Å². The third kappa shape index (κ3) is 4.27. The number of nitrogens with one attached hydrogen (secondary N) is 1. The summed E-state index contributed by atoms with van der Waals surface area (Å²) in [5.74, 6) is 5.94. The van der Waals surface area contributed by atoms with Gasteiger partial charge in [0.25, 0.3) is 0 Å². The lowest BCUT2D eigenvalue weighted by Crippen LogP contribution is -2.17. The van der Waals surface area contributed by atoms with Crippen LogP contribution in [-0.2, 0) is 14.9 Å². The van der Waals surface area contributed by atoms with E-state index in [1.54, 1.807) is 0 Å². The van der Waals surface area contributed by atoms with E-state index < -0.39 is 23.6 Å². The molecule has 7 nitrogen and oxygen atoms in total. The molecule has 1 atom stereocenters. The molecular formula is C27H22N2O5S2. The van der Waals surface area contributed by atoms with E-state index in [0.29, 0.717) is 30.0 Å². The molecule has 2 fully saturated rings. The Morgan fingerprint density at radius 1 is 1.19 bits per heavy atom. The van der Waals surface area contributed by atoms with Crippen LogP contribution in [-0.4, -0.2) is 22.3 Å². The van der Waals surface area contributed by atoms with Crippen molar-refractivity contribution in [2.75, 3.05) is 5.32 Å². The SMILES string of the molecule is CC(OC(=O)Nc1c(C2CC2)noc1C#Cc1cc2cc(C3(C(=O)O)CC3)sc2s1)c1ccccc1. The maximum atomic E-state index is 12.7. The highest BCUT2D eigenvalue weighted by molar-refractivity contribution is 7.38. The summed E-state index contributed by atoms with van der Waals surface area (Å²) in [7, 11) is 0. The van der Waals surface area contributed by atoms with Crippen LogP contribution in [0.3, 0.4) is 0 Å². The molecule has 0 bridgehead atoms. The van der Waals surface area contributed by atoms with Crippen LogP contribution in [0.1, 0.15) is 71.4 Å². The number of carbonyl (C=O) groups is 2. The second kappa shape index (κ2) is 8.80. The van der Waals surface area contributed by atoms with E-state index in [4.69, 9.17) is 9.26 Å². The smallest absolute Gasteiger partial charge is 0.412 e. The molecule has 2 N–H and O–H groups in total. The summed E-state index contributed by atoms with van der Waals surface area (Å²) in [5, 5.41) is 17.5. The molecular weight excluding hydrogens is 496 g/mol. The largest absolute Gasteiger partial charge is 0.481 e. The normalized spacial score (nSPS) is 16.7. The van der Waals surface area contributed by atoms with Gasteiger partial charge in [0, 0.05) is 16.2 Å². The van der Waals surface area contributed by atoms with Crippen molar-refractivity contribution in [3.63, 3.8) is 0 Å². The van der Waals surface area contributed by atoms with E-state index in [1.165, 1.54) is 22.7 Å². The van der Waals surface area contributed by atoms with Crippen molar-refractivity contribution >= 4 is 49.8 Å². The fourth-order valence-corrected chi connectivity index (χ4v) is 6.71. The molecule has 2 aliphatic carbocycles. The zero-order valence-electron chi connectivity index (χ0n) is 19.4. The van der Waals surface area contributed by atoms with Crippen molar-refractivity contribution in [2.45, 2.75) is 50.0 Å². The number of amides is 1. The Morgan fingerprint density at radius 2 is 1.97 bits per heavy atom. The molecule has 36 heavy (non-hydrogen) atoms. The van der Waals surface area contributed by atoms with Crippen molar-refractivity contribution < 1.29 is 24.0 Å². The second-order valence-corrected chi connectivity index (χ2v) is 11.6. The van der Waals surface area contributed by atoms with Crippen LogP contribution in [0.2, 0.25) is 0 Å². The number of carbonyl (C=O) groups excluding carboxylic acids is 1. The van der Waals surface area contributed by atoms with Crippen molar-refractivity contribution in [2.24, 2.45) is 0 Å². The molecule has 182 valence electrons. The number of aromatic nitrogens is 1. The van der Waals surface area contributed by atoms with Gasteiger partial charge in [-0.3, -0.25) is 10.1 Å². The highest BCUT2D eigenvalue weighted by Gasteiger charge is 2.53. The number of benzene rings is 1. The van der Waals surface area contributed by atoms with Crippen LogP contribution in [0.5, 0.6) is 0 Å². The zero-order valence-corrected chi connectivity index (χ0v) is 21.0. The fraction of sp³-hybridized carbons (Fsp3) is 0.296. The molecule has 0 spiro atoms. The number of carboxylic acids is 1. The zero-order chi connectivity index (χ0) is 24.9. The summed E-state index contributed by atoms with van der Waals surface area (Å²) in [6.07, 6.45) is 2.37. The number of fused-ring (bicyclic) bond motifs is 1. The minimum atomic E-state index is -0.745. The number of anilines is 1. The van der Waals surface area contributed by atoms with E-state index in [2.05, 4.69) is 22.3 Å². The number of aliphatic carboxylic acids is 1. The molecule has 6 rings (SSSR count). The molecule has 0 aliphatic heterocycles. The third-order valence-electron chi connectivity index (χ3n) is 6.61. The molecule has 1 aromatic carbocycles. The number of nitrogens with zero attached hydrogens (tertiary/aromatic N) is 1. The highest BCUT2D eigenvalue weighted by Crippen LogP contribution is 2.52. The minimum absolute atomic E-state index is 0.251. The van der Waals surface area contributed by atoms with Crippen LogP contribution >= 0.6 is 22.7 Å². The Labute approximate surface area is 215 Å². The monoisotopic (exact) mass is 518 g/mol. The van der Waals surface area contributed by atoms with Crippen LogP contribution in [0.15, 0.2) is 47.0 Å². The van der Waals surface area contributed by atoms with Gasteiger partial charge in [0.05, 0.1) is 8.89 Å². The summed E-state index contributed by atoms with van der Waals surface area (Å²) in [6.45, 7) is 1.82. The number of thiophene rings is 2. The lowest BCUT2D eigenvalue weighted by Gasteiger charge is -2.14. The van der Waals surface area contributed by atoms with Gasteiger partial charge in [-0.1, -0.05) is 35.5 Å². The summed E-state index contributed by atoms with van der Waals surface area (Å²) in [6, 6.07) is 13.5. The number of ether oxygens (including phenoxy) is 1. The summed E-state index contributed by atoms with van der Waals surface area (Å²) >= 11 is 3.05. The summed E-state index contributed by atoms with van der Waals surface area (Å²) in [4.78, 5) is 26.1. The van der Waals surface area contributed by atoms with Gasteiger partial charge in [0.1, 0.15) is 22.9 Å². The molecule has 3 aromatic heterocycles. The Morgan fingerprint density at radius 3 is 2.64 bits per heavy atom. The number of hydrogen-bond acceptors (Lipinski definition) is 7. The lowest BCUT2D eigenvalue weighted by atomic mass is 10.1. The van der Waals surface area contributed by atoms with Crippen molar-refractivity contribution in [1.82, 2.24) is 5.16 Å². The van der Waals surface area contributed by atoms with Crippen molar-refractivity contribution in [1.29, 1.82) is 0 Å². The first-order chi connectivity index (χ1) is 17.4. The third-order valence-corrected chi connectivity index (χ3v) is 9.12. The quantitative estimate of drug-likeness (QED) is 0.277. The standard InChI is InChI=1S/C27H22N2O5S2/c1-15(16-5-3-2-4-6-16)33-26(32)28-23-20(34-29-22(23)17-7-8-17)10-9-19-13-18-14-21(36-24(18)35-19)27(11-12-27)25(30)31/h2-6,13-15,17H,7-8,11-12H2,1H3,(H,28,32)(H,30,31). The van der Waals surface area contributed by atoms with Gasteiger partial charge >= 0.3 is 12.1 Å². The van der Waals surface area contributed by atoms with Gasteiger partial charge in [-0.2, -0.15) is 0 Å². The number of carboxylic acid groups (broad SMARTS) is 1. The lowest BCUT2D eigenvalue weighted by molar-refractivity contribution is -0.139. The van der Waals surface area contributed by atoms with Gasteiger partial charge < -0.3 is 14.4 Å². The molecule has 9 heteroatoms. The highest BCUT2D eigenvalue weighted by atomic mass is 32.2. The molecule has 1 unspecified atom stereocenters. The minimum Gasteiger partial charge on any atom is -0.481 e. The average Bonchev–Trinajstić information content (AvgIpc) is 3.76. The van der Waals surface area contributed by atoms with Gasteiger partial charge in [0.15, 0.2) is 0 Å². The number of rotatable bonds is 6. The Kier molecular flexibility index (Phi) is 5.58. The van der Waals surface area contributed by atoms with Gasteiger partial charge in [-0.25, -0.2) is 4.79 Å². The Hall–Kier alpha value is -3.61.